The smallest absolute Gasteiger partial charge is 0.243 e. The molecule has 9 heteroatoms. The largest absolute Gasteiger partial charge is 0.356 e. The normalized spacial score (nSPS) is 14.9. The lowest BCUT2D eigenvalue weighted by molar-refractivity contribution is 0.477. The Kier molecular flexibility index (Phi) is 9.86. The average molecular weight is 563 g/mol. The lowest BCUT2D eigenvalue weighted by atomic mass is 10.1. The molecule has 1 fully saturated rings. The molecule has 3 rings (SSSR count). The summed E-state index contributed by atoms with van der Waals surface area (Å²) in [5.74, 6) is 0.695. The lowest BCUT2D eigenvalue weighted by Crippen LogP contribution is -2.37. The van der Waals surface area contributed by atoms with Crippen LogP contribution in [0.3, 0.4) is 0 Å². The van der Waals surface area contributed by atoms with Crippen LogP contribution in [-0.4, -0.2) is 45.4 Å². The summed E-state index contributed by atoms with van der Waals surface area (Å²) in [6.07, 6.45) is 2.71. The molecule has 2 N–H and O–H groups in total. The molecule has 0 aliphatic carbocycles. The molecule has 1 heterocycles. The molecule has 1 aliphatic heterocycles. The number of nitrogens with one attached hydrogen (secondary N) is 2. The van der Waals surface area contributed by atoms with Gasteiger partial charge in [0.15, 0.2) is 5.96 Å². The number of halogens is 2. The van der Waals surface area contributed by atoms with Crippen LogP contribution in [-0.2, 0) is 23.0 Å². The summed E-state index contributed by atoms with van der Waals surface area (Å²) in [4.78, 5) is 4.58. The molecule has 0 aromatic heterocycles. The Hall–Kier alpha value is -1.36. The fraction of sp³-hybridized carbons (Fsp3) is 0.381. The van der Waals surface area contributed by atoms with Gasteiger partial charge in [-0.3, -0.25) is 4.99 Å². The van der Waals surface area contributed by atoms with Gasteiger partial charge in [0.25, 0.3) is 0 Å². The number of rotatable bonds is 7. The molecule has 30 heavy (non-hydrogen) atoms. The molecular weight excluding hydrogens is 535 g/mol. The molecule has 0 unspecified atom stereocenters. The van der Waals surface area contributed by atoms with E-state index < -0.39 is 10.0 Å². The highest BCUT2D eigenvalue weighted by Gasteiger charge is 2.26. The van der Waals surface area contributed by atoms with E-state index in [9.17, 15) is 8.42 Å². The van der Waals surface area contributed by atoms with E-state index in [2.05, 4.69) is 15.6 Å². The molecule has 6 nitrogen and oxygen atoms in total. The van der Waals surface area contributed by atoms with Gasteiger partial charge in [0.05, 0.1) is 4.90 Å². The number of aliphatic imine (C=N–C) groups is 1. The van der Waals surface area contributed by atoms with Gasteiger partial charge in [-0.15, -0.1) is 24.0 Å². The Morgan fingerprint density at radius 2 is 1.77 bits per heavy atom. The van der Waals surface area contributed by atoms with Gasteiger partial charge in [0.1, 0.15) is 0 Å². The van der Waals surface area contributed by atoms with Crippen molar-refractivity contribution in [1.29, 1.82) is 0 Å². The molecular formula is C21H28ClIN4O2S. The maximum Gasteiger partial charge on any atom is 0.243 e. The highest BCUT2D eigenvalue weighted by atomic mass is 127. The summed E-state index contributed by atoms with van der Waals surface area (Å²) < 4.78 is 26.7. The number of hydrogen-bond acceptors (Lipinski definition) is 3. The van der Waals surface area contributed by atoms with E-state index in [4.69, 9.17) is 11.6 Å². The molecule has 0 atom stereocenters. The van der Waals surface area contributed by atoms with E-state index in [1.54, 1.807) is 23.5 Å². The third-order valence-electron chi connectivity index (χ3n) is 4.90. The first-order chi connectivity index (χ1) is 14.0. The van der Waals surface area contributed by atoms with E-state index in [0.717, 1.165) is 42.0 Å². The van der Waals surface area contributed by atoms with E-state index in [1.165, 1.54) is 0 Å². The van der Waals surface area contributed by atoms with Crippen molar-refractivity contribution in [3.05, 3.63) is 64.7 Å². The molecule has 1 saturated heterocycles. The topological polar surface area (TPSA) is 73.8 Å². The lowest BCUT2D eigenvalue weighted by Gasteiger charge is -2.16. The monoisotopic (exact) mass is 562 g/mol. The molecule has 0 spiro atoms. The van der Waals surface area contributed by atoms with Crippen LogP contribution in [0, 0.1) is 0 Å². The van der Waals surface area contributed by atoms with Gasteiger partial charge < -0.3 is 10.6 Å². The minimum Gasteiger partial charge on any atom is -0.356 e. The third kappa shape index (κ3) is 6.83. The van der Waals surface area contributed by atoms with Crippen molar-refractivity contribution in [1.82, 2.24) is 14.9 Å². The van der Waals surface area contributed by atoms with Gasteiger partial charge in [-0.25, -0.2) is 8.42 Å². The zero-order valence-electron chi connectivity index (χ0n) is 17.0. The number of hydrogen-bond donors (Lipinski definition) is 2. The SMILES string of the molecule is CN=C(NCCc1cccc(Cl)c1)NCc1ccc(S(=O)(=O)N2CCCC2)cc1.I. The minimum atomic E-state index is -3.37. The van der Waals surface area contributed by atoms with E-state index in [0.29, 0.717) is 30.5 Å². The number of guanidine groups is 1. The van der Waals surface area contributed by atoms with Crippen molar-refractivity contribution in [2.45, 2.75) is 30.7 Å². The van der Waals surface area contributed by atoms with Gasteiger partial charge in [-0.2, -0.15) is 4.31 Å². The van der Waals surface area contributed by atoms with Crippen molar-refractivity contribution in [2.24, 2.45) is 4.99 Å². The van der Waals surface area contributed by atoms with Crippen LogP contribution in [0.5, 0.6) is 0 Å². The van der Waals surface area contributed by atoms with Crippen LogP contribution in [0.1, 0.15) is 24.0 Å². The predicted octanol–water partition coefficient (Wildman–Crippen LogP) is 3.65. The number of nitrogens with zero attached hydrogens (tertiary/aromatic N) is 2. The summed E-state index contributed by atoms with van der Waals surface area (Å²) in [5, 5.41) is 7.26. The first-order valence-corrected chi connectivity index (χ1v) is 11.6. The Bertz CT molecular complexity index is 946. The minimum absolute atomic E-state index is 0. The van der Waals surface area contributed by atoms with Crippen molar-refractivity contribution in [3.63, 3.8) is 0 Å². The molecule has 164 valence electrons. The zero-order chi connectivity index (χ0) is 20.7. The second-order valence-electron chi connectivity index (χ2n) is 6.99. The maximum atomic E-state index is 12.6. The van der Waals surface area contributed by atoms with Crippen molar-refractivity contribution < 1.29 is 8.42 Å². The van der Waals surface area contributed by atoms with Crippen LogP contribution in [0.25, 0.3) is 0 Å². The van der Waals surface area contributed by atoms with E-state index >= 15 is 0 Å². The first-order valence-electron chi connectivity index (χ1n) is 9.77. The fourth-order valence-corrected chi connectivity index (χ4v) is 5.01. The molecule has 2 aromatic carbocycles. The van der Waals surface area contributed by atoms with Gasteiger partial charge in [-0.05, 0) is 54.7 Å². The summed E-state index contributed by atoms with van der Waals surface area (Å²) in [6.45, 7) is 2.51. The Morgan fingerprint density at radius 1 is 1.07 bits per heavy atom. The standard InChI is InChI=1S/C21H27ClN4O2S.HI/c1-23-21(24-12-11-17-5-4-6-19(22)15-17)25-16-18-7-9-20(10-8-18)29(27,28)26-13-2-3-14-26;/h4-10,15H,2-3,11-14,16H2,1H3,(H2,23,24,25);1H. The van der Waals surface area contributed by atoms with E-state index in [1.807, 2.05) is 36.4 Å². The molecule has 0 radical (unpaired) electrons. The Morgan fingerprint density at radius 3 is 2.40 bits per heavy atom. The first kappa shape index (κ1) is 24.9. The highest BCUT2D eigenvalue weighted by molar-refractivity contribution is 14.0. The summed E-state index contributed by atoms with van der Waals surface area (Å²) >= 11 is 6.01. The third-order valence-corrected chi connectivity index (χ3v) is 7.05. The second-order valence-corrected chi connectivity index (χ2v) is 9.36. The van der Waals surface area contributed by atoms with Crippen LogP contribution in [0.2, 0.25) is 5.02 Å². The molecule has 0 saturated carbocycles. The van der Waals surface area contributed by atoms with Gasteiger partial charge >= 0.3 is 0 Å². The Labute approximate surface area is 201 Å². The van der Waals surface area contributed by atoms with Crippen LogP contribution in [0.15, 0.2) is 58.4 Å². The molecule has 1 aliphatic rings. The highest BCUT2D eigenvalue weighted by Crippen LogP contribution is 2.21. The molecule has 0 amide bonds. The zero-order valence-corrected chi connectivity index (χ0v) is 20.9. The summed E-state index contributed by atoms with van der Waals surface area (Å²) in [7, 11) is -1.64. The number of benzene rings is 2. The van der Waals surface area contributed by atoms with Crippen LogP contribution in [0.4, 0.5) is 0 Å². The number of sulfonamides is 1. The average Bonchev–Trinajstić information content (AvgIpc) is 3.27. The van der Waals surface area contributed by atoms with Gasteiger partial charge in [0.2, 0.25) is 10.0 Å². The van der Waals surface area contributed by atoms with Crippen LogP contribution < -0.4 is 10.6 Å². The second kappa shape index (κ2) is 11.9. The van der Waals surface area contributed by atoms with Crippen LogP contribution >= 0.6 is 35.6 Å². The van der Waals surface area contributed by atoms with Gasteiger partial charge in [0, 0.05) is 38.2 Å². The predicted molar refractivity (Wildman–Crippen MR) is 133 cm³/mol. The summed E-state index contributed by atoms with van der Waals surface area (Å²) in [6, 6.07) is 14.8. The Balaban J connectivity index is 0.00000320. The fourth-order valence-electron chi connectivity index (χ4n) is 3.28. The van der Waals surface area contributed by atoms with Crippen molar-refractivity contribution >= 4 is 51.6 Å². The van der Waals surface area contributed by atoms with Gasteiger partial charge in [-0.1, -0.05) is 35.9 Å². The molecule has 2 aromatic rings. The summed E-state index contributed by atoms with van der Waals surface area (Å²) in [5.41, 5.74) is 2.15. The quantitative estimate of drug-likeness (QED) is 0.307. The van der Waals surface area contributed by atoms with E-state index in [-0.39, 0.29) is 24.0 Å². The maximum absolute atomic E-state index is 12.6. The van der Waals surface area contributed by atoms with Crippen molar-refractivity contribution in [3.8, 4) is 0 Å². The molecule has 0 bridgehead atoms. The van der Waals surface area contributed by atoms with Crippen molar-refractivity contribution in [2.75, 3.05) is 26.7 Å².